The van der Waals surface area contributed by atoms with Gasteiger partial charge in [0.25, 0.3) is 0 Å². The predicted molar refractivity (Wildman–Crippen MR) is 76.9 cm³/mol. The number of anilines is 1. The first-order valence-corrected chi connectivity index (χ1v) is 7.03. The summed E-state index contributed by atoms with van der Waals surface area (Å²) in [5, 5.41) is 14.7. The van der Waals surface area contributed by atoms with Crippen molar-refractivity contribution >= 4 is 27.9 Å². The molecule has 0 spiro atoms. The van der Waals surface area contributed by atoms with Crippen LogP contribution in [-0.2, 0) is 4.79 Å². The summed E-state index contributed by atoms with van der Waals surface area (Å²) in [4.78, 5) is 15.8. The van der Waals surface area contributed by atoms with Crippen LogP contribution in [0.25, 0.3) is 5.57 Å². The lowest BCUT2D eigenvalue weighted by atomic mass is 9.90. The van der Waals surface area contributed by atoms with E-state index in [1.807, 2.05) is 18.4 Å². The van der Waals surface area contributed by atoms with E-state index in [4.69, 9.17) is 5.73 Å². The summed E-state index contributed by atoms with van der Waals surface area (Å²) in [5.41, 5.74) is 7.25. The molecule has 1 amide bonds. The first kappa shape index (κ1) is 13.8. The second-order valence-corrected chi connectivity index (χ2v) is 5.37. The van der Waals surface area contributed by atoms with E-state index in [0.29, 0.717) is 30.3 Å². The molecular formula is C13H17N3O2S. The van der Waals surface area contributed by atoms with Crippen LogP contribution in [0.4, 0.5) is 5.13 Å². The molecular weight excluding hydrogens is 262 g/mol. The number of allylic oxidation sites excluding steroid dienone is 4. The van der Waals surface area contributed by atoms with Crippen molar-refractivity contribution in [2.75, 3.05) is 11.9 Å². The molecule has 0 aromatic carbocycles. The highest BCUT2D eigenvalue weighted by Crippen LogP contribution is 2.32. The fourth-order valence-corrected chi connectivity index (χ4v) is 2.69. The summed E-state index contributed by atoms with van der Waals surface area (Å²) in [6.45, 7) is 2.37. The molecule has 102 valence electrons. The van der Waals surface area contributed by atoms with Crippen LogP contribution in [0.1, 0.15) is 25.5 Å². The Morgan fingerprint density at radius 3 is 3.11 bits per heavy atom. The van der Waals surface area contributed by atoms with Gasteiger partial charge in [0.15, 0.2) is 5.13 Å². The standard InChI is InChI=1S/C13H17N3O2S/c1-8-6-9(17)2-3-10(8)11-7-19-13(15-11)16-12(18)4-5-14/h2-3,7-8,17H,4-6,14H2,1H3,(H,15,16,18). The number of hydrogen-bond donors (Lipinski definition) is 3. The van der Waals surface area contributed by atoms with Gasteiger partial charge in [-0.2, -0.15) is 0 Å². The van der Waals surface area contributed by atoms with Crippen molar-refractivity contribution in [3.8, 4) is 0 Å². The van der Waals surface area contributed by atoms with Crippen molar-refractivity contribution in [1.29, 1.82) is 0 Å². The molecule has 0 saturated carbocycles. The lowest BCUT2D eigenvalue weighted by Gasteiger charge is -2.17. The zero-order valence-corrected chi connectivity index (χ0v) is 11.5. The van der Waals surface area contributed by atoms with E-state index in [9.17, 15) is 9.90 Å². The van der Waals surface area contributed by atoms with Gasteiger partial charge in [0.1, 0.15) is 0 Å². The summed E-state index contributed by atoms with van der Waals surface area (Å²) in [5.74, 6) is 0.495. The number of carbonyl (C=O) groups excluding carboxylic acids is 1. The molecule has 0 bridgehead atoms. The maximum atomic E-state index is 11.4. The summed E-state index contributed by atoms with van der Waals surface area (Å²) < 4.78 is 0. The molecule has 1 aromatic rings. The van der Waals surface area contributed by atoms with Crippen LogP contribution in [0.2, 0.25) is 0 Å². The number of carbonyl (C=O) groups is 1. The molecule has 0 radical (unpaired) electrons. The quantitative estimate of drug-likeness (QED) is 0.789. The molecule has 0 fully saturated rings. The number of nitrogens with two attached hydrogens (primary N) is 1. The highest BCUT2D eigenvalue weighted by atomic mass is 32.1. The van der Waals surface area contributed by atoms with Crippen LogP contribution in [-0.4, -0.2) is 22.5 Å². The third-order valence-electron chi connectivity index (χ3n) is 2.92. The molecule has 19 heavy (non-hydrogen) atoms. The number of thiazole rings is 1. The third kappa shape index (κ3) is 3.42. The Morgan fingerprint density at radius 2 is 2.42 bits per heavy atom. The Kier molecular flexibility index (Phi) is 4.34. The molecule has 1 aromatic heterocycles. The maximum Gasteiger partial charge on any atom is 0.227 e. The van der Waals surface area contributed by atoms with E-state index < -0.39 is 0 Å². The summed E-state index contributed by atoms with van der Waals surface area (Å²) >= 11 is 1.39. The molecule has 1 aliphatic carbocycles. The highest BCUT2D eigenvalue weighted by Gasteiger charge is 2.18. The number of aromatic nitrogens is 1. The van der Waals surface area contributed by atoms with E-state index in [2.05, 4.69) is 10.3 Å². The fourth-order valence-electron chi connectivity index (χ4n) is 1.96. The number of hydrogen-bond acceptors (Lipinski definition) is 5. The molecule has 1 heterocycles. The largest absolute Gasteiger partial charge is 0.512 e. The van der Waals surface area contributed by atoms with Gasteiger partial charge in [-0.25, -0.2) is 4.98 Å². The molecule has 1 unspecified atom stereocenters. The van der Waals surface area contributed by atoms with Crippen molar-refractivity contribution in [3.05, 3.63) is 29.0 Å². The molecule has 6 heteroatoms. The lowest BCUT2D eigenvalue weighted by Crippen LogP contribution is -2.16. The lowest BCUT2D eigenvalue weighted by molar-refractivity contribution is -0.116. The summed E-state index contributed by atoms with van der Waals surface area (Å²) in [6, 6.07) is 0. The molecule has 1 atom stereocenters. The number of nitrogens with zero attached hydrogens (tertiary/aromatic N) is 1. The highest BCUT2D eigenvalue weighted by molar-refractivity contribution is 7.14. The number of aliphatic hydroxyl groups is 1. The van der Waals surface area contributed by atoms with Crippen molar-refractivity contribution in [1.82, 2.24) is 4.98 Å². The zero-order valence-electron chi connectivity index (χ0n) is 10.7. The van der Waals surface area contributed by atoms with Crippen LogP contribution >= 0.6 is 11.3 Å². The minimum atomic E-state index is -0.119. The van der Waals surface area contributed by atoms with Crippen LogP contribution < -0.4 is 11.1 Å². The van der Waals surface area contributed by atoms with Gasteiger partial charge in [0, 0.05) is 24.8 Å². The Balaban J connectivity index is 2.11. The second-order valence-electron chi connectivity index (χ2n) is 4.51. The van der Waals surface area contributed by atoms with E-state index in [0.717, 1.165) is 11.3 Å². The molecule has 0 saturated heterocycles. The predicted octanol–water partition coefficient (Wildman–Crippen LogP) is 2.30. The van der Waals surface area contributed by atoms with Crippen LogP contribution in [0.5, 0.6) is 0 Å². The summed E-state index contributed by atoms with van der Waals surface area (Å²) in [6.07, 6.45) is 4.49. The van der Waals surface area contributed by atoms with E-state index in [-0.39, 0.29) is 11.8 Å². The van der Waals surface area contributed by atoms with Gasteiger partial charge < -0.3 is 16.2 Å². The normalized spacial score (nSPS) is 18.7. The minimum absolute atomic E-state index is 0.119. The average molecular weight is 279 g/mol. The second kappa shape index (κ2) is 5.99. The van der Waals surface area contributed by atoms with Gasteiger partial charge in [-0.05, 0) is 17.6 Å². The fraction of sp³-hybridized carbons (Fsp3) is 0.385. The van der Waals surface area contributed by atoms with Crippen LogP contribution in [0.3, 0.4) is 0 Å². The summed E-state index contributed by atoms with van der Waals surface area (Å²) in [7, 11) is 0. The van der Waals surface area contributed by atoms with Gasteiger partial charge in [-0.1, -0.05) is 13.0 Å². The molecule has 4 N–H and O–H groups in total. The first-order valence-electron chi connectivity index (χ1n) is 6.15. The van der Waals surface area contributed by atoms with Crippen molar-refractivity contribution in [3.63, 3.8) is 0 Å². The molecule has 5 nitrogen and oxygen atoms in total. The van der Waals surface area contributed by atoms with Gasteiger partial charge in [-0.3, -0.25) is 4.79 Å². The van der Waals surface area contributed by atoms with E-state index in [1.165, 1.54) is 11.3 Å². The third-order valence-corrected chi connectivity index (χ3v) is 3.68. The number of nitrogens with one attached hydrogen (secondary N) is 1. The number of amides is 1. The van der Waals surface area contributed by atoms with Crippen LogP contribution in [0, 0.1) is 5.92 Å². The van der Waals surface area contributed by atoms with Gasteiger partial charge in [0.2, 0.25) is 5.91 Å². The monoisotopic (exact) mass is 279 g/mol. The van der Waals surface area contributed by atoms with Crippen molar-refractivity contribution < 1.29 is 9.90 Å². The zero-order chi connectivity index (χ0) is 13.8. The first-order chi connectivity index (χ1) is 9.10. The smallest absolute Gasteiger partial charge is 0.227 e. The Labute approximate surface area is 115 Å². The maximum absolute atomic E-state index is 11.4. The average Bonchev–Trinajstić information content (AvgIpc) is 2.77. The Hall–Kier alpha value is -1.66. The molecule has 2 rings (SSSR count). The van der Waals surface area contributed by atoms with E-state index in [1.54, 1.807) is 6.08 Å². The van der Waals surface area contributed by atoms with Crippen molar-refractivity contribution in [2.24, 2.45) is 11.7 Å². The van der Waals surface area contributed by atoms with Gasteiger partial charge in [-0.15, -0.1) is 11.3 Å². The Morgan fingerprint density at radius 1 is 1.63 bits per heavy atom. The van der Waals surface area contributed by atoms with Crippen LogP contribution in [0.15, 0.2) is 23.3 Å². The van der Waals surface area contributed by atoms with Gasteiger partial charge >= 0.3 is 0 Å². The minimum Gasteiger partial charge on any atom is -0.512 e. The molecule has 1 aliphatic rings. The Bertz CT molecular complexity index is 534. The number of rotatable bonds is 4. The van der Waals surface area contributed by atoms with Gasteiger partial charge in [0.05, 0.1) is 11.5 Å². The SMILES string of the molecule is CC1CC(O)=CC=C1c1csc(NC(=O)CCN)n1. The van der Waals surface area contributed by atoms with E-state index >= 15 is 0 Å². The van der Waals surface area contributed by atoms with Crippen molar-refractivity contribution in [2.45, 2.75) is 19.8 Å². The molecule has 0 aliphatic heterocycles. The number of aliphatic hydroxyl groups excluding tert-OH is 1. The topological polar surface area (TPSA) is 88.2 Å².